The molecule has 0 aliphatic carbocycles. The van der Waals surface area contributed by atoms with Gasteiger partial charge in [-0.3, -0.25) is 0 Å². The lowest BCUT2D eigenvalue weighted by molar-refractivity contribution is 0.162. The molecule has 0 aliphatic heterocycles. The molecule has 1 nitrogen and oxygen atoms in total. The Labute approximate surface area is 137 Å². The summed E-state index contributed by atoms with van der Waals surface area (Å²) in [6, 6.07) is 0. The molecule has 0 aromatic carbocycles. The first kappa shape index (κ1) is 61.8. The third-order valence-corrected chi connectivity index (χ3v) is 0.408. The van der Waals surface area contributed by atoms with Crippen LogP contribution in [0.1, 0.15) is 13.8 Å². The van der Waals surface area contributed by atoms with Gasteiger partial charge in [-0.15, -0.1) is 105 Å². The molecule has 0 spiro atoms. The average Bonchev–Trinajstić information content (AvgIpc) is 2.69. The van der Waals surface area contributed by atoms with Crippen LogP contribution in [-0.4, -0.2) is 13.2 Å². The number of hydrogen-bond donors (Lipinski definition) is 0. The summed E-state index contributed by atoms with van der Waals surface area (Å²) in [6.07, 6.45) is 0. The Balaban J connectivity index is -0.0000000115. The maximum atomic E-state index is 4.83. The monoisotopic (exact) mass is 298 g/mol. The van der Waals surface area contributed by atoms with Gasteiger partial charge in [0.15, 0.2) is 0 Å². The van der Waals surface area contributed by atoms with Crippen molar-refractivity contribution in [2.75, 3.05) is 13.2 Å². The zero-order valence-corrected chi connectivity index (χ0v) is 15.1. The molecule has 128 valence electrons. The van der Waals surface area contributed by atoms with E-state index in [0.29, 0.717) is 0 Å². The van der Waals surface area contributed by atoms with Gasteiger partial charge in [0.1, 0.15) is 0 Å². The molecule has 1 heteroatoms. The standard InChI is InChI=1S/C4H10O.8C2H4/c1-3-5-4-2;8*1-2/h3-4H2,1-2H3;8*1-2H2. The van der Waals surface area contributed by atoms with Crippen molar-refractivity contribution in [2.24, 2.45) is 0 Å². The van der Waals surface area contributed by atoms with Gasteiger partial charge in [-0.1, -0.05) is 0 Å². The second-order valence-electron chi connectivity index (χ2n) is 0.781. The molecule has 0 rings (SSSR count). The second kappa shape index (κ2) is 6580. The van der Waals surface area contributed by atoms with Crippen molar-refractivity contribution in [2.45, 2.75) is 13.8 Å². The molecule has 0 radical (unpaired) electrons. The summed E-state index contributed by atoms with van der Waals surface area (Å²) in [5, 5.41) is 0. The number of hydrogen-bond acceptors (Lipinski definition) is 1. The van der Waals surface area contributed by atoms with Crippen LogP contribution in [0.3, 0.4) is 0 Å². The first-order valence-electron chi connectivity index (χ1n) is 5.99. The molecule has 0 aromatic rings. The quantitative estimate of drug-likeness (QED) is 0.481. The van der Waals surface area contributed by atoms with Crippen molar-refractivity contribution >= 4 is 0 Å². The molecule has 0 unspecified atom stereocenters. The summed E-state index contributed by atoms with van der Waals surface area (Å²) >= 11 is 0. The SMILES string of the molecule is C=C.C=C.C=C.C=C.C=C.C=C.C=C.C=C.CCOCC. The predicted octanol–water partition coefficient (Wildman–Crippen LogP) is 7.46. The lowest BCUT2D eigenvalue weighted by Crippen LogP contribution is -1.84. The molecule has 0 aliphatic rings. The van der Waals surface area contributed by atoms with E-state index in [1.54, 1.807) is 0 Å². The number of rotatable bonds is 2. The van der Waals surface area contributed by atoms with Gasteiger partial charge in [-0.25, -0.2) is 0 Å². The van der Waals surface area contributed by atoms with E-state index in [4.69, 9.17) is 4.74 Å². The van der Waals surface area contributed by atoms with E-state index in [2.05, 4.69) is 105 Å². The van der Waals surface area contributed by atoms with Gasteiger partial charge in [0.2, 0.25) is 0 Å². The van der Waals surface area contributed by atoms with Crippen LogP contribution in [0, 0.1) is 0 Å². The highest BCUT2D eigenvalue weighted by Gasteiger charge is 1.64. The van der Waals surface area contributed by atoms with E-state index < -0.39 is 0 Å². The molecule has 0 fully saturated rings. The Morgan fingerprint density at radius 2 is 0.476 bits per heavy atom. The normalized spacial score (nSPS) is 3.52. The molecule has 0 atom stereocenters. The fraction of sp³-hybridized carbons (Fsp3) is 0.200. The van der Waals surface area contributed by atoms with Gasteiger partial charge in [-0.2, -0.15) is 0 Å². The molecule has 0 aromatic heterocycles. The molecule has 0 amide bonds. The van der Waals surface area contributed by atoms with E-state index in [1.807, 2.05) is 13.8 Å². The van der Waals surface area contributed by atoms with Gasteiger partial charge < -0.3 is 4.74 Å². The third-order valence-electron chi connectivity index (χ3n) is 0.408. The number of ether oxygens (including phenoxy) is 1. The summed E-state index contributed by atoms with van der Waals surface area (Å²) in [5.41, 5.74) is 0. The summed E-state index contributed by atoms with van der Waals surface area (Å²) in [4.78, 5) is 0. The highest BCUT2D eigenvalue weighted by atomic mass is 16.5. The molecule has 21 heavy (non-hydrogen) atoms. The van der Waals surface area contributed by atoms with E-state index in [9.17, 15) is 0 Å². The minimum Gasteiger partial charge on any atom is -0.382 e. The van der Waals surface area contributed by atoms with E-state index in [0.717, 1.165) is 13.2 Å². The predicted molar refractivity (Wildman–Crippen MR) is 112 cm³/mol. The van der Waals surface area contributed by atoms with Gasteiger partial charge in [0.25, 0.3) is 0 Å². The van der Waals surface area contributed by atoms with Crippen molar-refractivity contribution < 1.29 is 4.74 Å². The maximum Gasteiger partial charge on any atom is 0.0437 e. The summed E-state index contributed by atoms with van der Waals surface area (Å²) < 4.78 is 4.83. The molecule has 0 N–H and O–H groups in total. The topological polar surface area (TPSA) is 9.23 Å². The Bertz CT molecular complexity index is 55.9. The van der Waals surface area contributed by atoms with Crippen molar-refractivity contribution in [1.82, 2.24) is 0 Å². The third kappa shape index (κ3) is 313000. The van der Waals surface area contributed by atoms with Gasteiger partial charge in [0, 0.05) is 13.2 Å². The Morgan fingerprint density at radius 1 is 0.381 bits per heavy atom. The van der Waals surface area contributed by atoms with Crippen LogP contribution in [0.15, 0.2) is 105 Å². The molecule has 0 bridgehead atoms. The van der Waals surface area contributed by atoms with Crippen LogP contribution < -0.4 is 0 Å². The van der Waals surface area contributed by atoms with E-state index in [-0.39, 0.29) is 0 Å². The fourth-order valence-electron chi connectivity index (χ4n) is 0.204. The summed E-state index contributed by atoms with van der Waals surface area (Å²) in [6.45, 7) is 53.7. The Morgan fingerprint density at radius 3 is 0.476 bits per heavy atom. The maximum absolute atomic E-state index is 4.83. The van der Waals surface area contributed by atoms with Crippen molar-refractivity contribution in [3.63, 3.8) is 0 Å². The van der Waals surface area contributed by atoms with Gasteiger partial charge >= 0.3 is 0 Å². The smallest absolute Gasteiger partial charge is 0.0437 e. The van der Waals surface area contributed by atoms with Crippen LogP contribution in [0.2, 0.25) is 0 Å². The first-order chi connectivity index (χ1) is 10.4. The van der Waals surface area contributed by atoms with Gasteiger partial charge in [-0.05, 0) is 13.8 Å². The summed E-state index contributed by atoms with van der Waals surface area (Å²) in [7, 11) is 0. The highest BCUT2D eigenvalue weighted by molar-refractivity contribution is 4.23. The average molecular weight is 299 g/mol. The molecule has 0 saturated heterocycles. The molecular weight excluding hydrogens is 256 g/mol. The van der Waals surface area contributed by atoms with Crippen molar-refractivity contribution in [3.8, 4) is 0 Å². The molecule has 0 saturated carbocycles. The highest BCUT2D eigenvalue weighted by Crippen LogP contribution is 1.64. The van der Waals surface area contributed by atoms with Gasteiger partial charge in [0.05, 0.1) is 0 Å². The molecule has 0 heterocycles. The van der Waals surface area contributed by atoms with Crippen LogP contribution in [0.25, 0.3) is 0 Å². The fourth-order valence-corrected chi connectivity index (χ4v) is 0.204. The molecular formula is C20H42O. The first-order valence-corrected chi connectivity index (χ1v) is 5.99. The zero-order valence-electron chi connectivity index (χ0n) is 15.1. The minimum atomic E-state index is 0.844. The largest absolute Gasteiger partial charge is 0.382 e. The van der Waals surface area contributed by atoms with Crippen molar-refractivity contribution in [1.29, 1.82) is 0 Å². The van der Waals surface area contributed by atoms with Crippen LogP contribution in [-0.2, 0) is 4.74 Å². The van der Waals surface area contributed by atoms with Crippen LogP contribution in [0.5, 0.6) is 0 Å². The van der Waals surface area contributed by atoms with Crippen LogP contribution in [0.4, 0.5) is 0 Å². The minimum absolute atomic E-state index is 0.844. The summed E-state index contributed by atoms with van der Waals surface area (Å²) in [5.74, 6) is 0. The zero-order chi connectivity index (χ0) is 20.1. The second-order valence-corrected chi connectivity index (χ2v) is 0.781. The lowest BCUT2D eigenvalue weighted by Gasteiger charge is -1.86. The van der Waals surface area contributed by atoms with E-state index in [1.165, 1.54) is 0 Å². The Hall–Kier alpha value is -2.12. The Kier molecular flexibility index (Phi) is 19400. The van der Waals surface area contributed by atoms with Crippen molar-refractivity contribution in [3.05, 3.63) is 105 Å². The van der Waals surface area contributed by atoms with Crippen LogP contribution >= 0.6 is 0 Å². The lowest BCUT2D eigenvalue weighted by atomic mass is 10.8. The van der Waals surface area contributed by atoms with E-state index >= 15 is 0 Å².